The number of amides is 1. The van der Waals surface area contributed by atoms with E-state index in [0.29, 0.717) is 26.3 Å². The van der Waals surface area contributed by atoms with Crippen molar-refractivity contribution >= 4 is 21.9 Å². The molecule has 144 valence electrons. The van der Waals surface area contributed by atoms with Crippen molar-refractivity contribution in [2.45, 2.75) is 4.90 Å². The van der Waals surface area contributed by atoms with E-state index in [1.165, 1.54) is 39.4 Å². The maximum Gasteiger partial charge on any atom is 0.338 e. The van der Waals surface area contributed by atoms with Gasteiger partial charge in [-0.05, 0) is 18.2 Å². The normalized spacial score (nSPS) is 15.0. The highest BCUT2D eigenvalue weighted by Crippen LogP contribution is 2.27. The molecular weight excluding hydrogens is 364 g/mol. The number of carbonyl (C=O) groups excluding carboxylic acids is 2. The third-order valence-corrected chi connectivity index (χ3v) is 5.68. The summed E-state index contributed by atoms with van der Waals surface area (Å²) in [6, 6.07) is 3.93. The van der Waals surface area contributed by atoms with Crippen LogP contribution in [0, 0.1) is 0 Å². The van der Waals surface area contributed by atoms with Crippen LogP contribution in [0.4, 0.5) is 0 Å². The van der Waals surface area contributed by atoms with E-state index in [1.54, 1.807) is 4.90 Å². The molecule has 0 aromatic heterocycles. The Labute approximate surface area is 152 Å². The first-order valence-electron chi connectivity index (χ1n) is 7.90. The molecule has 1 aliphatic rings. The van der Waals surface area contributed by atoms with Crippen LogP contribution in [0.2, 0.25) is 0 Å². The lowest BCUT2D eigenvalue weighted by Gasteiger charge is -2.26. The summed E-state index contributed by atoms with van der Waals surface area (Å²) in [4.78, 5) is 25.6. The van der Waals surface area contributed by atoms with E-state index in [0.717, 1.165) is 4.31 Å². The van der Waals surface area contributed by atoms with Gasteiger partial charge in [-0.2, -0.15) is 0 Å². The SMILES string of the molecule is COc1ccc(C(=O)OCC(=O)N2CCOCC2)cc1S(=O)(=O)N(C)C. The Bertz CT molecular complexity index is 771. The molecule has 0 atom stereocenters. The van der Waals surface area contributed by atoms with Crippen LogP contribution in [-0.2, 0) is 24.3 Å². The molecule has 0 unspecified atom stereocenters. The minimum Gasteiger partial charge on any atom is -0.495 e. The quantitative estimate of drug-likeness (QED) is 0.632. The number of carbonyl (C=O) groups is 2. The minimum atomic E-state index is -3.81. The van der Waals surface area contributed by atoms with E-state index in [2.05, 4.69) is 0 Å². The highest BCUT2D eigenvalue weighted by molar-refractivity contribution is 7.89. The van der Waals surface area contributed by atoms with Crippen molar-refractivity contribution in [3.8, 4) is 5.75 Å². The molecule has 1 fully saturated rings. The zero-order valence-corrected chi connectivity index (χ0v) is 15.7. The second kappa shape index (κ2) is 8.47. The second-order valence-corrected chi connectivity index (χ2v) is 7.84. The smallest absolute Gasteiger partial charge is 0.338 e. The van der Waals surface area contributed by atoms with Gasteiger partial charge in [0, 0.05) is 27.2 Å². The lowest BCUT2D eigenvalue weighted by atomic mass is 10.2. The number of sulfonamides is 1. The Kier molecular flexibility index (Phi) is 6.57. The van der Waals surface area contributed by atoms with Crippen molar-refractivity contribution in [2.24, 2.45) is 0 Å². The van der Waals surface area contributed by atoms with E-state index < -0.39 is 22.6 Å². The molecule has 10 heteroatoms. The first-order valence-corrected chi connectivity index (χ1v) is 9.34. The van der Waals surface area contributed by atoms with Gasteiger partial charge in [-0.25, -0.2) is 17.5 Å². The number of hydrogen-bond acceptors (Lipinski definition) is 7. The Balaban J connectivity index is 2.12. The van der Waals surface area contributed by atoms with E-state index >= 15 is 0 Å². The lowest BCUT2D eigenvalue weighted by Crippen LogP contribution is -2.42. The molecule has 0 saturated carbocycles. The van der Waals surface area contributed by atoms with Crippen LogP contribution in [0.15, 0.2) is 23.1 Å². The molecule has 2 rings (SSSR count). The zero-order valence-electron chi connectivity index (χ0n) is 14.9. The van der Waals surface area contributed by atoms with Gasteiger partial charge in [-0.15, -0.1) is 0 Å². The second-order valence-electron chi connectivity index (χ2n) is 5.72. The van der Waals surface area contributed by atoms with Gasteiger partial charge in [0.2, 0.25) is 10.0 Å². The summed E-state index contributed by atoms with van der Waals surface area (Å²) in [6.07, 6.45) is 0. The molecule has 1 heterocycles. The van der Waals surface area contributed by atoms with Crippen molar-refractivity contribution in [1.29, 1.82) is 0 Å². The summed E-state index contributed by atoms with van der Waals surface area (Å²) >= 11 is 0. The molecule has 0 radical (unpaired) electrons. The maximum atomic E-state index is 12.4. The molecule has 26 heavy (non-hydrogen) atoms. The number of methoxy groups -OCH3 is 1. The highest BCUT2D eigenvalue weighted by atomic mass is 32.2. The molecule has 9 nitrogen and oxygen atoms in total. The van der Waals surface area contributed by atoms with Gasteiger partial charge in [-0.1, -0.05) is 0 Å². The number of benzene rings is 1. The summed E-state index contributed by atoms with van der Waals surface area (Å²) in [5.41, 5.74) is 0.0148. The first kappa shape index (κ1) is 20.1. The van der Waals surface area contributed by atoms with E-state index in [4.69, 9.17) is 14.2 Å². The largest absolute Gasteiger partial charge is 0.495 e. The van der Waals surface area contributed by atoms with Gasteiger partial charge >= 0.3 is 5.97 Å². The fraction of sp³-hybridized carbons (Fsp3) is 0.500. The van der Waals surface area contributed by atoms with Crippen molar-refractivity contribution in [2.75, 3.05) is 54.1 Å². The van der Waals surface area contributed by atoms with Crippen LogP contribution in [0.5, 0.6) is 5.75 Å². The Hall–Kier alpha value is -2.17. The third kappa shape index (κ3) is 4.51. The van der Waals surface area contributed by atoms with Gasteiger partial charge in [0.1, 0.15) is 10.6 Å². The van der Waals surface area contributed by atoms with Crippen LogP contribution in [0.25, 0.3) is 0 Å². The number of hydrogen-bond donors (Lipinski definition) is 0. The molecule has 0 aliphatic carbocycles. The first-order chi connectivity index (χ1) is 12.3. The number of morpholine rings is 1. The molecular formula is C16H22N2O7S. The Morgan fingerprint density at radius 3 is 2.46 bits per heavy atom. The zero-order chi connectivity index (χ0) is 19.3. The van der Waals surface area contributed by atoms with Crippen molar-refractivity contribution in [1.82, 2.24) is 9.21 Å². The van der Waals surface area contributed by atoms with E-state index in [-0.39, 0.29) is 22.1 Å². The van der Waals surface area contributed by atoms with Gasteiger partial charge in [0.05, 0.1) is 25.9 Å². The van der Waals surface area contributed by atoms with Gasteiger partial charge in [0.25, 0.3) is 5.91 Å². The van der Waals surface area contributed by atoms with Crippen LogP contribution < -0.4 is 4.74 Å². The Morgan fingerprint density at radius 2 is 1.88 bits per heavy atom. The van der Waals surface area contributed by atoms with Gasteiger partial charge < -0.3 is 19.1 Å². The third-order valence-electron chi connectivity index (χ3n) is 3.85. The van der Waals surface area contributed by atoms with Crippen molar-refractivity contribution < 1.29 is 32.2 Å². The number of nitrogens with zero attached hydrogens (tertiary/aromatic N) is 2. The number of esters is 1. The van der Waals surface area contributed by atoms with Gasteiger partial charge in [0.15, 0.2) is 6.61 Å². The van der Waals surface area contributed by atoms with Crippen molar-refractivity contribution in [3.63, 3.8) is 0 Å². The average Bonchev–Trinajstić information content (AvgIpc) is 2.65. The summed E-state index contributed by atoms with van der Waals surface area (Å²) < 4.78 is 41.0. The van der Waals surface area contributed by atoms with Crippen molar-refractivity contribution in [3.05, 3.63) is 23.8 Å². The fourth-order valence-corrected chi connectivity index (χ4v) is 3.39. The molecule has 1 amide bonds. The molecule has 0 bridgehead atoms. The molecule has 0 spiro atoms. The predicted octanol–water partition coefficient (Wildman–Crippen LogP) is -0.0389. The van der Waals surface area contributed by atoms with E-state index in [1.807, 2.05) is 0 Å². The standard InChI is InChI=1S/C16H22N2O7S/c1-17(2)26(21,22)14-10-12(4-5-13(14)23-3)16(20)25-11-15(19)18-6-8-24-9-7-18/h4-5,10H,6-9,11H2,1-3H3. The highest BCUT2D eigenvalue weighted by Gasteiger charge is 2.25. The van der Waals surface area contributed by atoms with Crippen LogP contribution in [0.1, 0.15) is 10.4 Å². The average molecular weight is 386 g/mol. The van der Waals surface area contributed by atoms with Crippen LogP contribution >= 0.6 is 0 Å². The predicted molar refractivity (Wildman–Crippen MR) is 91.5 cm³/mol. The fourth-order valence-electron chi connectivity index (χ4n) is 2.32. The topological polar surface area (TPSA) is 102 Å². The Morgan fingerprint density at radius 1 is 1.23 bits per heavy atom. The lowest BCUT2D eigenvalue weighted by molar-refractivity contribution is -0.138. The minimum absolute atomic E-state index is 0.0148. The number of rotatable bonds is 6. The molecule has 1 aliphatic heterocycles. The summed E-state index contributed by atoms with van der Waals surface area (Å²) in [5.74, 6) is -1.000. The van der Waals surface area contributed by atoms with Gasteiger partial charge in [-0.3, -0.25) is 4.79 Å². The monoisotopic (exact) mass is 386 g/mol. The van der Waals surface area contributed by atoms with Crippen LogP contribution in [-0.4, -0.2) is 83.6 Å². The molecule has 0 N–H and O–H groups in total. The number of ether oxygens (including phenoxy) is 3. The summed E-state index contributed by atoms with van der Waals surface area (Å²) in [5, 5.41) is 0. The summed E-state index contributed by atoms with van der Waals surface area (Å²) in [7, 11) is 0.275. The maximum absolute atomic E-state index is 12.4. The molecule has 1 aromatic rings. The molecule has 1 saturated heterocycles. The summed E-state index contributed by atoms with van der Waals surface area (Å²) in [6.45, 7) is 1.38. The van der Waals surface area contributed by atoms with Crippen LogP contribution in [0.3, 0.4) is 0 Å². The van der Waals surface area contributed by atoms with E-state index in [9.17, 15) is 18.0 Å². The molecule has 1 aromatic carbocycles.